The Morgan fingerprint density at radius 2 is 2.10 bits per heavy atom. The molecule has 112 valence electrons. The molecule has 0 aromatic heterocycles. The van der Waals surface area contributed by atoms with Crippen LogP contribution in [0, 0.1) is 12.8 Å². The molecular weight excluding hydrogens is 278 g/mol. The van der Waals surface area contributed by atoms with Gasteiger partial charge < -0.3 is 9.47 Å². The molecular formula is C15H22ClNO3. The van der Waals surface area contributed by atoms with Crippen molar-refractivity contribution in [1.82, 2.24) is 0 Å². The Morgan fingerprint density at radius 3 is 2.65 bits per heavy atom. The summed E-state index contributed by atoms with van der Waals surface area (Å²) in [6, 6.07) is 5.63. The van der Waals surface area contributed by atoms with E-state index in [0.717, 1.165) is 5.56 Å². The fourth-order valence-corrected chi connectivity index (χ4v) is 2.00. The average Bonchev–Trinajstić information content (AvgIpc) is 2.43. The van der Waals surface area contributed by atoms with Gasteiger partial charge in [0, 0.05) is 0 Å². The summed E-state index contributed by atoms with van der Waals surface area (Å²) in [6.07, 6.45) is 0. The van der Waals surface area contributed by atoms with Crippen molar-refractivity contribution in [2.24, 2.45) is 5.92 Å². The Balaban J connectivity index is 3.01. The lowest BCUT2D eigenvalue weighted by Crippen LogP contribution is -2.35. The first kappa shape index (κ1) is 16.8. The molecule has 1 aromatic rings. The molecule has 20 heavy (non-hydrogen) atoms. The molecule has 1 aromatic carbocycles. The Kier molecular flexibility index (Phi) is 6.82. The van der Waals surface area contributed by atoms with Crippen molar-refractivity contribution < 1.29 is 14.3 Å². The highest BCUT2D eigenvalue weighted by Gasteiger charge is 2.20. The second-order valence-electron chi connectivity index (χ2n) is 4.97. The lowest BCUT2D eigenvalue weighted by Gasteiger charge is -2.25. The summed E-state index contributed by atoms with van der Waals surface area (Å²) in [5.41, 5.74) is 1.65. The average molecular weight is 300 g/mol. The van der Waals surface area contributed by atoms with Crippen molar-refractivity contribution in [2.75, 3.05) is 31.2 Å². The number of alkyl halides is 1. The summed E-state index contributed by atoms with van der Waals surface area (Å²) in [5.74, 6) is 0.740. The highest BCUT2D eigenvalue weighted by Crippen LogP contribution is 2.32. The minimum atomic E-state index is -0.206. The first-order valence-electron chi connectivity index (χ1n) is 6.59. The van der Waals surface area contributed by atoms with Crippen LogP contribution in [0.15, 0.2) is 18.2 Å². The zero-order valence-electron chi connectivity index (χ0n) is 12.5. The van der Waals surface area contributed by atoms with Crippen LogP contribution in [-0.4, -0.2) is 32.2 Å². The molecule has 0 spiro atoms. The van der Waals surface area contributed by atoms with Gasteiger partial charge in [-0.15, -0.1) is 11.6 Å². The Labute approximate surface area is 125 Å². The lowest BCUT2D eigenvalue weighted by molar-refractivity contribution is -0.117. The molecule has 0 saturated heterocycles. The lowest BCUT2D eigenvalue weighted by atomic mass is 10.1. The Morgan fingerprint density at radius 1 is 1.40 bits per heavy atom. The maximum absolute atomic E-state index is 12.1. The number of carbonyl (C=O) groups is 1. The Bertz CT molecular complexity index is 449. The van der Waals surface area contributed by atoms with Crippen molar-refractivity contribution in [3.63, 3.8) is 0 Å². The van der Waals surface area contributed by atoms with Gasteiger partial charge in [0.1, 0.15) is 18.4 Å². The largest absolute Gasteiger partial charge is 0.495 e. The second kappa shape index (κ2) is 8.12. The van der Waals surface area contributed by atoms with Crippen LogP contribution < -0.4 is 9.64 Å². The number of anilines is 1. The second-order valence-corrected chi connectivity index (χ2v) is 5.24. The zero-order chi connectivity index (χ0) is 15.1. The number of carbonyl (C=O) groups excluding carboxylic acids is 1. The van der Waals surface area contributed by atoms with E-state index in [-0.39, 0.29) is 18.5 Å². The van der Waals surface area contributed by atoms with Gasteiger partial charge in [0.05, 0.1) is 19.4 Å². The molecule has 4 nitrogen and oxygen atoms in total. The van der Waals surface area contributed by atoms with Crippen LogP contribution >= 0.6 is 11.6 Å². The van der Waals surface area contributed by atoms with Crippen LogP contribution in [0.4, 0.5) is 5.69 Å². The first-order valence-corrected chi connectivity index (χ1v) is 7.12. The maximum Gasteiger partial charge on any atom is 0.243 e. The number of nitrogens with zero attached hydrogens (tertiary/aromatic N) is 1. The van der Waals surface area contributed by atoms with Crippen molar-refractivity contribution >= 4 is 23.2 Å². The highest BCUT2D eigenvalue weighted by atomic mass is 35.5. The first-order chi connectivity index (χ1) is 9.51. The zero-order valence-corrected chi connectivity index (χ0v) is 13.2. The van der Waals surface area contributed by atoms with E-state index in [4.69, 9.17) is 21.1 Å². The molecule has 0 heterocycles. The summed E-state index contributed by atoms with van der Waals surface area (Å²) in [4.78, 5) is 13.6. The Hall–Kier alpha value is -1.26. The summed E-state index contributed by atoms with van der Waals surface area (Å²) in [6.45, 7) is 6.80. The van der Waals surface area contributed by atoms with Crippen molar-refractivity contribution in [3.8, 4) is 5.75 Å². The minimum Gasteiger partial charge on any atom is -0.495 e. The number of methoxy groups -OCH3 is 1. The van der Waals surface area contributed by atoms with E-state index in [0.29, 0.717) is 24.0 Å². The number of hydrogen-bond acceptors (Lipinski definition) is 3. The van der Waals surface area contributed by atoms with E-state index < -0.39 is 0 Å². The van der Waals surface area contributed by atoms with Crippen molar-refractivity contribution in [3.05, 3.63) is 23.8 Å². The van der Waals surface area contributed by atoms with Crippen LogP contribution in [0.5, 0.6) is 5.75 Å². The summed E-state index contributed by atoms with van der Waals surface area (Å²) >= 11 is 5.70. The fourth-order valence-electron chi connectivity index (χ4n) is 1.86. The van der Waals surface area contributed by atoms with Gasteiger partial charge in [-0.25, -0.2) is 0 Å². The van der Waals surface area contributed by atoms with Crippen LogP contribution in [0.3, 0.4) is 0 Å². The standard InChI is InChI=1S/C15H22ClNO3/c1-11(2)9-20-10-17(14(18)8-16)15-12(3)6-5-7-13(15)19-4/h5-7,11H,8-10H2,1-4H3. The molecule has 0 N–H and O–H groups in total. The van der Waals surface area contributed by atoms with Gasteiger partial charge in [-0.2, -0.15) is 0 Å². The molecule has 0 atom stereocenters. The number of para-hydroxylation sites is 1. The van der Waals surface area contributed by atoms with E-state index >= 15 is 0 Å². The van der Waals surface area contributed by atoms with Gasteiger partial charge in [-0.05, 0) is 24.5 Å². The molecule has 5 heteroatoms. The molecule has 0 radical (unpaired) electrons. The number of hydrogen-bond donors (Lipinski definition) is 0. The van der Waals surface area contributed by atoms with Gasteiger partial charge in [-0.1, -0.05) is 26.0 Å². The third-order valence-corrected chi connectivity index (χ3v) is 3.01. The van der Waals surface area contributed by atoms with E-state index in [9.17, 15) is 4.79 Å². The topological polar surface area (TPSA) is 38.8 Å². The molecule has 0 aliphatic carbocycles. The number of halogens is 1. The van der Waals surface area contributed by atoms with E-state index in [1.165, 1.54) is 4.90 Å². The third-order valence-electron chi connectivity index (χ3n) is 2.78. The van der Waals surface area contributed by atoms with E-state index in [1.807, 2.05) is 25.1 Å². The van der Waals surface area contributed by atoms with Gasteiger partial charge in [0.25, 0.3) is 0 Å². The van der Waals surface area contributed by atoms with Crippen LogP contribution in [0.25, 0.3) is 0 Å². The summed E-state index contributed by atoms with van der Waals surface area (Å²) in [7, 11) is 1.58. The fraction of sp³-hybridized carbons (Fsp3) is 0.533. The summed E-state index contributed by atoms with van der Waals surface area (Å²) < 4.78 is 10.9. The molecule has 0 aliphatic heterocycles. The van der Waals surface area contributed by atoms with Crippen LogP contribution in [0.1, 0.15) is 19.4 Å². The molecule has 0 saturated carbocycles. The van der Waals surface area contributed by atoms with Crippen molar-refractivity contribution in [2.45, 2.75) is 20.8 Å². The van der Waals surface area contributed by atoms with Gasteiger partial charge >= 0.3 is 0 Å². The predicted octanol–water partition coefficient (Wildman–Crippen LogP) is 3.21. The minimum absolute atomic E-state index is 0.0947. The summed E-state index contributed by atoms with van der Waals surface area (Å²) in [5, 5.41) is 0. The quantitative estimate of drug-likeness (QED) is 0.573. The molecule has 0 bridgehead atoms. The van der Waals surface area contributed by atoms with Crippen molar-refractivity contribution in [1.29, 1.82) is 0 Å². The van der Waals surface area contributed by atoms with Gasteiger partial charge in [-0.3, -0.25) is 9.69 Å². The normalized spacial score (nSPS) is 10.7. The monoisotopic (exact) mass is 299 g/mol. The van der Waals surface area contributed by atoms with E-state index in [1.54, 1.807) is 7.11 Å². The number of aryl methyl sites for hydroxylation is 1. The maximum atomic E-state index is 12.1. The molecule has 0 aliphatic rings. The van der Waals surface area contributed by atoms with Gasteiger partial charge in [0.15, 0.2) is 0 Å². The van der Waals surface area contributed by atoms with Crippen LogP contribution in [-0.2, 0) is 9.53 Å². The third kappa shape index (κ3) is 4.39. The predicted molar refractivity (Wildman–Crippen MR) is 81.6 cm³/mol. The number of rotatable bonds is 7. The van der Waals surface area contributed by atoms with Crippen LogP contribution in [0.2, 0.25) is 0 Å². The highest BCUT2D eigenvalue weighted by molar-refractivity contribution is 6.29. The number of benzene rings is 1. The molecule has 1 amide bonds. The number of ether oxygens (including phenoxy) is 2. The molecule has 0 unspecified atom stereocenters. The molecule has 0 fully saturated rings. The van der Waals surface area contributed by atoms with E-state index in [2.05, 4.69) is 13.8 Å². The number of amides is 1. The SMILES string of the molecule is COc1cccc(C)c1N(COCC(C)C)C(=O)CCl. The van der Waals surface area contributed by atoms with Gasteiger partial charge in [0.2, 0.25) is 5.91 Å². The smallest absolute Gasteiger partial charge is 0.243 e. The molecule has 1 rings (SSSR count).